The fraction of sp³-hybridized carbons (Fsp3) is 0.0500. The van der Waals surface area contributed by atoms with E-state index < -0.39 is 32.4 Å². The van der Waals surface area contributed by atoms with E-state index in [2.05, 4.69) is 9.44 Å². The lowest BCUT2D eigenvalue weighted by Crippen LogP contribution is -2.29. The summed E-state index contributed by atoms with van der Waals surface area (Å²) in [6, 6.07) is 17.5. The monoisotopic (exact) mass is 448 g/mol. The van der Waals surface area contributed by atoms with Crippen LogP contribution in [0.4, 0.5) is 10.1 Å². The van der Waals surface area contributed by atoms with Crippen molar-refractivity contribution in [1.29, 1.82) is 0 Å². The summed E-state index contributed by atoms with van der Waals surface area (Å²) in [5, 5.41) is 0. The maximum atomic E-state index is 13.0. The standard InChI is InChI=1S/C20H17FN2O5S2/c21-16-6-10-19(11-7-16)30(27,28)23-17-8-12-18(13-9-17)29(25,26)22-14-20(24)15-4-2-1-3-5-15/h1-13,22-23H,14H2. The Kier molecular flexibility index (Phi) is 6.30. The van der Waals surface area contributed by atoms with Crippen molar-refractivity contribution < 1.29 is 26.0 Å². The van der Waals surface area contributed by atoms with E-state index in [1.807, 2.05) is 0 Å². The van der Waals surface area contributed by atoms with E-state index in [0.29, 0.717) is 5.56 Å². The van der Waals surface area contributed by atoms with Crippen LogP contribution in [0.25, 0.3) is 0 Å². The van der Waals surface area contributed by atoms with Crippen molar-refractivity contribution >= 4 is 31.5 Å². The van der Waals surface area contributed by atoms with Crippen molar-refractivity contribution in [2.75, 3.05) is 11.3 Å². The largest absolute Gasteiger partial charge is 0.293 e. The fourth-order valence-corrected chi connectivity index (χ4v) is 4.54. The van der Waals surface area contributed by atoms with Gasteiger partial charge < -0.3 is 0 Å². The van der Waals surface area contributed by atoms with Gasteiger partial charge in [0, 0.05) is 11.3 Å². The van der Waals surface area contributed by atoms with Crippen LogP contribution in [-0.4, -0.2) is 29.2 Å². The molecule has 2 N–H and O–H groups in total. The van der Waals surface area contributed by atoms with Gasteiger partial charge in [0.2, 0.25) is 10.0 Å². The zero-order valence-electron chi connectivity index (χ0n) is 15.4. The van der Waals surface area contributed by atoms with Crippen LogP contribution < -0.4 is 9.44 Å². The number of rotatable bonds is 8. The normalized spacial score (nSPS) is 11.8. The van der Waals surface area contributed by atoms with Crippen LogP contribution in [0.5, 0.6) is 0 Å². The van der Waals surface area contributed by atoms with E-state index in [0.717, 1.165) is 24.3 Å². The molecule has 0 aliphatic carbocycles. The predicted octanol–water partition coefficient (Wildman–Crippen LogP) is 2.79. The molecule has 0 aromatic heterocycles. The number of anilines is 1. The molecular formula is C20H17FN2O5S2. The molecule has 0 saturated carbocycles. The van der Waals surface area contributed by atoms with E-state index in [1.165, 1.54) is 24.3 Å². The summed E-state index contributed by atoms with van der Waals surface area (Å²) in [6.45, 7) is -0.411. The zero-order valence-corrected chi connectivity index (χ0v) is 17.1. The van der Waals surface area contributed by atoms with Crippen molar-refractivity contribution in [3.05, 3.63) is 90.2 Å². The lowest BCUT2D eigenvalue weighted by molar-refractivity contribution is 0.0997. The molecule has 0 radical (unpaired) electrons. The highest BCUT2D eigenvalue weighted by Crippen LogP contribution is 2.19. The Bertz CT molecular complexity index is 1240. The second-order valence-electron chi connectivity index (χ2n) is 6.20. The molecule has 30 heavy (non-hydrogen) atoms. The number of carbonyl (C=O) groups is 1. The molecule has 0 bridgehead atoms. The Morgan fingerprint density at radius 2 is 1.27 bits per heavy atom. The summed E-state index contributed by atoms with van der Waals surface area (Å²) in [4.78, 5) is 11.8. The maximum absolute atomic E-state index is 13.0. The topological polar surface area (TPSA) is 109 Å². The number of hydrogen-bond donors (Lipinski definition) is 2. The first kappa shape index (κ1) is 21.6. The van der Waals surface area contributed by atoms with Crippen molar-refractivity contribution in [3.8, 4) is 0 Å². The Morgan fingerprint density at radius 3 is 1.87 bits per heavy atom. The van der Waals surface area contributed by atoms with Gasteiger partial charge in [-0.05, 0) is 48.5 Å². The highest BCUT2D eigenvalue weighted by atomic mass is 32.2. The first-order valence-electron chi connectivity index (χ1n) is 8.64. The molecule has 0 aliphatic rings. The Labute approximate surface area is 173 Å². The van der Waals surface area contributed by atoms with Gasteiger partial charge in [0.05, 0.1) is 16.3 Å². The van der Waals surface area contributed by atoms with Crippen LogP contribution in [0.3, 0.4) is 0 Å². The number of halogens is 1. The average molecular weight is 448 g/mol. The highest BCUT2D eigenvalue weighted by molar-refractivity contribution is 7.92. The van der Waals surface area contributed by atoms with E-state index in [-0.39, 0.29) is 21.3 Å². The first-order valence-corrected chi connectivity index (χ1v) is 11.6. The molecule has 7 nitrogen and oxygen atoms in total. The molecule has 0 atom stereocenters. The summed E-state index contributed by atoms with van der Waals surface area (Å²) < 4.78 is 66.8. The van der Waals surface area contributed by atoms with Gasteiger partial charge in [-0.25, -0.2) is 25.9 Å². The minimum Gasteiger partial charge on any atom is -0.293 e. The van der Waals surface area contributed by atoms with E-state index in [4.69, 9.17) is 0 Å². The van der Waals surface area contributed by atoms with Crippen LogP contribution in [0.1, 0.15) is 10.4 Å². The number of nitrogens with one attached hydrogen (secondary N) is 2. The molecule has 0 spiro atoms. The smallest absolute Gasteiger partial charge is 0.261 e. The first-order chi connectivity index (χ1) is 14.2. The number of hydrogen-bond acceptors (Lipinski definition) is 5. The minimum absolute atomic E-state index is 0.124. The predicted molar refractivity (Wildman–Crippen MR) is 110 cm³/mol. The van der Waals surface area contributed by atoms with Gasteiger partial charge >= 0.3 is 0 Å². The van der Waals surface area contributed by atoms with Crippen molar-refractivity contribution in [1.82, 2.24) is 4.72 Å². The summed E-state index contributed by atoms with van der Waals surface area (Å²) in [5.41, 5.74) is 0.504. The second kappa shape index (κ2) is 8.74. The molecule has 10 heteroatoms. The number of benzene rings is 3. The number of Topliss-reactive ketones (excluding diaryl/α,β-unsaturated/α-hetero) is 1. The summed E-state index contributed by atoms with van der Waals surface area (Å²) in [5.74, 6) is -0.954. The van der Waals surface area contributed by atoms with Crippen LogP contribution in [0.2, 0.25) is 0 Å². The lowest BCUT2D eigenvalue weighted by atomic mass is 10.1. The molecule has 0 unspecified atom stereocenters. The summed E-state index contributed by atoms with van der Waals surface area (Å²) in [7, 11) is -7.93. The van der Waals surface area contributed by atoms with E-state index >= 15 is 0 Å². The van der Waals surface area contributed by atoms with Gasteiger partial charge in [-0.3, -0.25) is 9.52 Å². The summed E-state index contributed by atoms with van der Waals surface area (Å²) in [6.07, 6.45) is 0. The highest BCUT2D eigenvalue weighted by Gasteiger charge is 2.18. The molecule has 0 heterocycles. The van der Waals surface area contributed by atoms with Crippen LogP contribution in [0.15, 0.2) is 88.7 Å². The Hall–Kier alpha value is -3.08. The third kappa shape index (κ3) is 5.29. The van der Waals surface area contributed by atoms with Gasteiger partial charge in [0.1, 0.15) is 5.82 Å². The fourth-order valence-electron chi connectivity index (χ4n) is 2.50. The van der Waals surface area contributed by atoms with Crippen molar-refractivity contribution in [2.45, 2.75) is 9.79 Å². The zero-order chi connectivity index (χ0) is 21.8. The summed E-state index contributed by atoms with van der Waals surface area (Å²) >= 11 is 0. The van der Waals surface area contributed by atoms with Gasteiger partial charge in [0.15, 0.2) is 5.78 Å². The molecule has 3 rings (SSSR count). The van der Waals surface area contributed by atoms with Crippen LogP contribution in [-0.2, 0) is 20.0 Å². The number of sulfonamides is 2. The average Bonchev–Trinajstić information content (AvgIpc) is 2.73. The quantitative estimate of drug-likeness (QED) is 0.515. The number of carbonyl (C=O) groups excluding carboxylic acids is 1. The molecule has 3 aromatic carbocycles. The molecule has 156 valence electrons. The second-order valence-corrected chi connectivity index (χ2v) is 9.65. The lowest BCUT2D eigenvalue weighted by Gasteiger charge is -2.10. The van der Waals surface area contributed by atoms with Gasteiger partial charge in [0.25, 0.3) is 10.0 Å². The molecule has 0 aliphatic heterocycles. The molecular weight excluding hydrogens is 431 g/mol. The van der Waals surface area contributed by atoms with Crippen LogP contribution in [0, 0.1) is 5.82 Å². The Morgan fingerprint density at radius 1 is 0.733 bits per heavy atom. The molecule has 0 fully saturated rings. The third-order valence-electron chi connectivity index (χ3n) is 4.06. The maximum Gasteiger partial charge on any atom is 0.261 e. The van der Waals surface area contributed by atoms with E-state index in [1.54, 1.807) is 30.3 Å². The molecule has 0 amide bonds. The van der Waals surface area contributed by atoms with Crippen LogP contribution >= 0.6 is 0 Å². The third-order valence-corrected chi connectivity index (χ3v) is 6.87. The minimum atomic E-state index is -3.97. The van der Waals surface area contributed by atoms with E-state index in [9.17, 15) is 26.0 Å². The van der Waals surface area contributed by atoms with Gasteiger partial charge in [-0.15, -0.1) is 0 Å². The Balaban J connectivity index is 1.68. The SMILES string of the molecule is O=C(CNS(=O)(=O)c1ccc(NS(=O)(=O)c2ccc(F)cc2)cc1)c1ccccc1. The van der Waals surface area contributed by atoms with Crippen molar-refractivity contribution in [2.24, 2.45) is 0 Å². The van der Waals surface area contributed by atoms with Gasteiger partial charge in [-0.2, -0.15) is 0 Å². The molecule has 0 saturated heterocycles. The molecule has 3 aromatic rings. The van der Waals surface area contributed by atoms with Crippen molar-refractivity contribution in [3.63, 3.8) is 0 Å². The van der Waals surface area contributed by atoms with Gasteiger partial charge in [-0.1, -0.05) is 30.3 Å². The number of ketones is 1.